The second-order valence-corrected chi connectivity index (χ2v) is 7.55. The van der Waals surface area contributed by atoms with Gasteiger partial charge in [-0.15, -0.1) is 0 Å². The third kappa shape index (κ3) is 3.37. The number of amides is 1. The van der Waals surface area contributed by atoms with Gasteiger partial charge in [0, 0.05) is 55.3 Å². The maximum Gasteiger partial charge on any atom is 0.226 e. The average molecular weight is 400 g/mol. The molecule has 0 radical (unpaired) electrons. The minimum absolute atomic E-state index is 0.00261. The lowest BCUT2D eigenvalue weighted by Crippen LogP contribution is -2.20. The van der Waals surface area contributed by atoms with Gasteiger partial charge in [0.25, 0.3) is 0 Å². The Kier molecular flexibility index (Phi) is 5.15. The van der Waals surface area contributed by atoms with E-state index in [1.807, 2.05) is 37.3 Å². The molecule has 7 nitrogen and oxygen atoms in total. The van der Waals surface area contributed by atoms with Crippen LogP contribution in [0.15, 0.2) is 41.5 Å². The molecule has 0 aromatic heterocycles. The van der Waals surface area contributed by atoms with Crippen molar-refractivity contribution in [2.24, 2.45) is 10.7 Å². The third-order valence-electron chi connectivity index (χ3n) is 5.48. The first-order valence-electron chi connectivity index (χ1n) is 9.94. The van der Waals surface area contributed by atoms with Crippen LogP contribution < -0.4 is 21.3 Å². The van der Waals surface area contributed by atoms with Crippen LogP contribution in [0.2, 0.25) is 0 Å². The van der Waals surface area contributed by atoms with Gasteiger partial charge in [0.05, 0.1) is 28.7 Å². The number of hydrogen-bond donors (Lipinski definition) is 3. The predicted molar refractivity (Wildman–Crippen MR) is 121 cm³/mol. The summed E-state index contributed by atoms with van der Waals surface area (Å²) >= 11 is 0. The van der Waals surface area contributed by atoms with Crippen molar-refractivity contribution in [2.45, 2.75) is 25.8 Å². The maximum atomic E-state index is 12.1. The van der Waals surface area contributed by atoms with Gasteiger partial charge in [-0.1, -0.05) is 6.07 Å². The van der Waals surface area contributed by atoms with Crippen LogP contribution in [-0.2, 0) is 11.2 Å². The molecule has 2 aliphatic heterocycles. The quantitative estimate of drug-likeness (QED) is 0.685. The summed E-state index contributed by atoms with van der Waals surface area (Å²) in [6.45, 7) is 2.78. The molecular formula is C23H24N6O. The number of nitrogens with two attached hydrogens (primary N) is 1. The van der Waals surface area contributed by atoms with Crippen molar-refractivity contribution in [1.82, 2.24) is 0 Å². The molecule has 7 heteroatoms. The number of aliphatic imine (C=N–C) groups is 1. The smallest absolute Gasteiger partial charge is 0.226 e. The Hall–Kier alpha value is -3.79. The Morgan fingerprint density at radius 2 is 2.20 bits per heavy atom. The molecule has 2 aromatic carbocycles. The van der Waals surface area contributed by atoms with Crippen LogP contribution in [0.25, 0.3) is 5.57 Å². The molecular weight excluding hydrogens is 376 g/mol. The number of rotatable bonds is 3. The zero-order chi connectivity index (χ0) is 21.3. The van der Waals surface area contributed by atoms with E-state index in [9.17, 15) is 10.1 Å². The van der Waals surface area contributed by atoms with Gasteiger partial charge in [0.15, 0.2) is 0 Å². The largest absolute Gasteiger partial charge is 0.404 e. The van der Waals surface area contributed by atoms with E-state index in [1.54, 1.807) is 13.3 Å². The summed E-state index contributed by atoms with van der Waals surface area (Å²) in [6, 6.07) is 12.2. The fourth-order valence-corrected chi connectivity index (χ4v) is 4.16. The Morgan fingerprint density at radius 3 is 2.93 bits per heavy atom. The Morgan fingerprint density at radius 1 is 1.37 bits per heavy atom. The SMILES string of the molecule is CN=C/C(=C\N)c1cc2c(cc1C#N)N(c1cccc3c1N[C@H](C)CC(=O)N3)CC2. The Bertz CT molecular complexity index is 1110. The zero-order valence-corrected chi connectivity index (χ0v) is 17.1. The molecule has 2 heterocycles. The first-order valence-corrected chi connectivity index (χ1v) is 9.94. The zero-order valence-electron chi connectivity index (χ0n) is 17.1. The topological polar surface area (TPSA) is 107 Å². The molecule has 0 aliphatic carbocycles. The lowest BCUT2D eigenvalue weighted by Gasteiger charge is -2.25. The first kappa shape index (κ1) is 19.5. The number of carbonyl (C=O) groups excluding carboxylic acids is 1. The highest BCUT2D eigenvalue weighted by Gasteiger charge is 2.28. The van der Waals surface area contributed by atoms with Gasteiger partial charge < -0.3 is 21.3 Å². The normalized spacial score (nSPS) is 18.3. The molecule has 1 amide bonds. The fourth-order valence-electron chi connectivity index (χ4n) is 4.16. The van der Waals surface area contributed by atoms with Crippen molar-refractivity contribution in [2.75, 3.05) is 29.1 Å². The van der Waals surface area contributed by atoms with Gasteiger partial charge in [-0.3, -0.25) is 9.79 Å². The second-order valence-electron chi connectivity index (χ2n) is 7.55. The molecule has 0 bridgehead atoms. The van der Waals surface area contributed by atoms with Gasteiger partial charge >= 0.3 is 0 Å². The van der Waals surface area contributed by atoms with E-state index in [4.69, 9.17) is 5.73 Å². The van der Waals surface area contributed by atoms with Gasteiger partial charge in [-0.25, -0.2) is 0 Å². The van der Waals surface area contributed by atoms with Gasteiger partial charge in [0.1, 0.15) is 0 Å². The predicted octanol–water partition coefficient (Wildman–Crippen LogP) is 3.40. The summed E-state index contributed by atoms with van der Waals surface area (Å²) in [4.78, 5) is 18.4. The van der Waals surface area contributed by atoms with E-state index in [-0.39, 0.29) is 11.9 Å². The van der Waals surface area contributed by atoms with Crippen LogP contribution in [0, 0.1) is 11.3 Å². The Labute approximate surface area is 175 Å². The summed E-state index contributed by atoms with van der Waals surface area (Å²) in [6.07, 6.45) is 4.41. The summed E-state index contributed by atoms with van der Waals surface area (Å²) < 4.78 is 0. The number of para-hydroxylation sites is 1. The van der Waals surface area contributed by atoms with Crippen LogP contribution in [-0.4, -0.2) is 31.8 Å². The number of allylic oxidation sites excluding steroid dienone is 1. The molecule has 4 rings (SSSR count). The maximum absolute atomic E-state index is 12.1. The van der Waals surface area contributed by atoms with E-state index in [0.29, 0.717) is 12.0 Å². The van der Waals surface area contributed by atoms with Gasteiger partial charge in [-0.05, 0) is 43.2 Å². The summed E-state index contributed by atoms with van der Waals surface area (Å²) in [5, 5.41) is 16.2. The van der Waals surface area contributed by atoms with Crippen molar-refractivity contribution in [3.05, 3.63) is 53.2 Å². The van der Waals surface area contributed by atoms with Crippen molar-refractivity contribution in [3.8, 4) is 6.07 Å². The van der Waals surface area contributed by atoms with Gasteiger partial charge in [-0.2, -0.15) is 5.26 Å². The molecule has 152 valence electrons. The summed E-state index contributed by atoms with van der Waals surface area (Å²) in [5.74, 6) is 0.00261. The molecule has 30 heavy (non-hydrogen) atoms. The molecule has 0 spiro atoms. The minimum Gasteiger partial charge on any atom is -0.404 e. The molecule has 0 unspecified atom stereocenters. The van der Waals surface area contributed by atoms with E-state index < -0.39 is 0 Å². The van der Waals surface area contributed by atoms with E-state index in [0.717, 1.165) is 52.4 Å². The summed E-state index contributed by atoms with van der Waals surface area (Å²) in [7, 11) is 1.68. The highest BCUT2D eigenvalue weighted by atomic mass is 16.1. The van der Waals surface area contributed by atoms with E-state index >= 15 is 0 Å². The van der Waals surface area contributed by atoms with Crippen molar-refractivity contribution >= 4 is 40.4 Å². The highest BCUT2D eigenvalue weighted by molar-refractivity contribution is 6.11. The first-order chi connectivity index (χ1) is 14.5. The number of nitriles is 1. The van der Waals surface area contributed by atoms with Crippen LogP contribution in [0.4, 0.5) is 22.7 Å². The van der Waals surface area contributed by atoms with E-state index in [2.05, 4.69) is 26.6 Å². The van der Waals surface area contributed by atoms with Crippen molar-refractivity contribution < 1.29 is 4.79 Å². The average Bonchev–Trinajstić information content (AvgIpc) is 3.07. The lowest BCUT2D eigenvalue weighted by atomic mass is 9.97. The number of fused-ring (bicyclic) bond motifs is 2. The molecule has 1 atom stereocenters. The van der Waals surface area contributed by atoms with E-state index in [1.165, 1.54) is 6.20 Å². The number of nitrogens with zero attached hydrogens (tertiary/aromatic N) is 3. The Balaban J connectivity index is 1.81. The van der Waals surface area contributed by atoms with Crippen molar-refractivity contribution in [1.29, 1.82) is 5.26 Å². The van der Waals surface area contributed by atoms with Crippen LogP contribution >= 0.6 is 0 Å². The van der Waals surface area contributed by atoms with Crippen LogP contribution in [0.5, 0.6) is 0 Å². The number of carbonyl (C=O) groups is 1. The lowest BCUT2D eigenvalue weighted by molar-refractivity contribution is -0.116. The molecule has 2 aliphatic rings. The van der Waals surface area contributed by atoms with Gasteiger partial charge in [0.2, 0.25) is 5.91 Å². The molecule has 0 fully saturated rings. The molecule has 0 saturated heterocycles. The van der Waals surface area contributed by atoms with Crippen LogP contribution in [0.3, 0.4) is 0 Å². The second kappa shape index (κ2) is 7.91. The number of anilines is 4. The monoisotopic (exact) mass is 400 g/mol. The molecule has 0 saturated carbocycles. The number of nitrogens with one attached hydrogen (secondary N) is 2. The van der Waals surface area contributed by atoms with Crippen molar-refractivity contribution in [3.63, 3.8) is 0 Å². The molecule has 2 aromatic rings. The number of benzene rings is 2. The standard InChI is InChI=1S/C23H24N6O/c1-14-8-22(30)28-19-4-3-5-20(23(19)27-14)29-7-6-15-9-18(17(12-25)13-26-2)16(11-24)10-21(15)29/h3-5,9-10,12-14,27H,6-8,25H2,1-2H3,(H,28,30)/b17-12+,26-13?/t14-/m1/s1. The third-order valence-corrected chi connectivity index (χ3v) is 5.48. The summed E-state index contributed by atoms with van der Waals surface area (Å²) in [5.41, 5.74) is 12.7. The van der Waals surface area contributed by atoms with Crippen LogP contribution in [0.1, 0.15) is 30.0 Å². The molecule has 4 N–H and O–H groups in total. The fraction of sp³-hybridized carbons (Fsp3) is 0.261. The highest BCUT2D eigenvalue weighted by Crippen LogP contribution is 2.43. The number of hydrogen-bond acceptors (Lipinski definition) is 6. The minimum atomic E-state index is 0.00261.